The zero-order valence-electron chi connectivity index (χ0n) is 9.75. The first-order chi connectivity index (χ1) is 9.01. The quantitative estimate of drug-likeness (QED) is 0.132. The lowest BCUT2D eigenvalue weighted by atomic mass is 9.99. The number of nitrogens with zero attached hydrogens (tertiary/aromatic N) is 3. The molecule has 1 aliphatic heterocycles. The Labute approximate surface area is 107 Å². The molecule has 1 heterocycles. The van der Waals surface area contributed by atoms with Crippen molar-refractivity contribution in [2.75, 3.05) is 13.2 Å². The molecule has 1 aliphatic rings. The van der Waals surface area contributed by atoms with Crippen molar-refractivity contribution in [2.24, 2.45) is 5.11 Å². The van der Waals surface area contributed by atoms with Crippen molar-refractivity contribution in [3.05, 3.63) is 10.4 Å². The van der Waals surface area contributed by atoms with E-state index in [1.54, 1.807) is 0 Å². The summed E-state index contributed by atoms with van der Waals surface area (Å²) in [6, 6.07) is 0. The van der Waals surface area contributed by atoms with Crippen LogP contribution in [0.15, 0.2) is 5.11 Å². The van der Waals surface area contributed by atoms with Crippen molar-refractivity contribution in [1.82, 2.24) is 10.9 Å². The van der Waals surface area contributed by atoms with Crippen LogP contribution in [0.2, 0.25) is 0 Å². The summed E-state index contributed by atoms with van der Waals surface area (Å²) >= 11 is 0. The van der Waals surface area contributed by atoms with E-state index in [0.717, 1.165) is 0 Å². The summed E-state index contributed by atoms with van der Waals surface area (Å²) in [5.41, 5.74) is 12.4. The highest BCUT2D eigenvalue weighted by Gasteiger charge is 2.43. The Morgan fingerprint density at radius 2 is 2.00 bits per heavy atom. The predicted octanol–water partition coefficient (Wildman–Crippen LogP) is -3.28. The monoisotopic (exact) mass is 277 g/mol. The van der Waals surface area contributed by atoms with Crippen molar-refractivity contribution < 1.29 is 30.0 Å². The van der Waals surface area contributed by atoms with Crippen LogP contribution >= 0.6 is 0 Å². The second-order valence-electron chi connectivity index (χ2n) is 3.83. The van der Waals surface area contributed by atoms with E-state index in [9.17, 15) is 20.1 Å². The molecule has 0 aromatic heterocycles. The van der Waals surface area contributed by atoms with Gasteiger partial charge in [-0.15, -0.1) is 0 Å². The lowest BCUT2D eigenvalue weighted by molar-refractivity contribution is -0.238. The molecular weight excluding hydrogens is 262 g/mol. The summed E-state index contributed by atoms with van der Waals surface area (Å²) in [4.78, 5) is 13.5. The van der Waals surface area contributed by atoms with Gasteiger partial charge in [0.15, 0.2) is 6.23 Å². The van der Waals surface area contributed by atoms with Gasteiger partial charge < -0.3 is 25.2 Å². The standard InChI is InChI=1S/C8H15N5O6/c9-13-10-1-4(15)11-12-8-7(18)6(17)5(16)3(2-14)19-8/h3,5-8,12,14,16-18H,1-2H2,(H,11,15)/t3-,5-,6+,7-,8?/m1/s1. The number of ether oxygens (including phenoxy) is 1. The van der Waals surface area contributed by atoms with Gasteiger partial charge in [-0.05, 0) is 5.53 Å². The Morgan fingerprint density at radius 1 is 1.32 bits per heavy atom. The maximum Gasteiger partial charge on any atom is 0.240 e. The van der Waals surface area contributed by atoms with E-state index in [4.69, 9.17) is 15.4 Å². The molecule has 0 bridgehead atoms. The fraction of sp³-hybridized carbons (Fsp3) is 0.875. The molecule has 5 atom stereocenters. The molecule has 0 radical (unpaired) electrons. The summed E-state index contributed by atoms with van der Waals surface area (Å²) in [5.74, 6) is -0.685. The van der Waals surface area contributed by atoms with Gasteiger partial charge in [-0.25, -0.2) is 5.43 Å². The zero-order chi connectivity index (χ0) is 14.4. The van der Waals surface area contributed by atoms with Crippen LogP contribution in [0.25, 0.3) is 10.4 Å². The molecular formula is C8H15N5O6. The third-order valence-electron chi connectivity index (χ3n) is 2.52. The first-order valence-corrected chi connectivity index (χ1v) is 5.37. The highest BCUT2D eigenvalue weighted by Crippen LogP contribution is 2.19. The fourth-order valence-corrected chi connectivity index (χ4v) is 1.51. The normalized spacial score (nSPS) is 34.4. The number of nitrogens with one attached hydrogen (secondary N) is 2. The van der Waals surface area contributed by atoms with Gasteiger partial charge in [-0.3, -0.25) is 10.2 Å². The van der Waals surface area contributed by atoms with E-state index in [1.807, 2.05) is 0 Å². The average molecular weight is 277 g/mol. The lowest BCUT2D eigenvalue weighted by Crippen LogP contribution is -2.64. The molecule has 1 saturated heterocycles. The van der Waals surface area contributed by atoms with Crippen molar-refractivity contribution in [1.29, 1.82) is 0 Å². The number of hydrogen-bond donors (Lipinski definition) is 6. The Kier molecular flexibility index (Phi) is 5.92. The van der Waals surface area contributed by atoms with Crippen LogP contribution in [0.1, 0.15) is 0 Å². The second kappa shape index (κ2) is 7.21. The van der Waals surface area contributed by atoms with E-state index in [0.29, 0.717) is 0 Å². The molecule has 0 aromatic carbocycles. The maximum atomic E-state index is 11.1. The zero-order valence-corrected chi connectivity index (χ0v) is 9.75. The summed E-state index contributed by atoms with van der Waals surface area (Å²) < 4.78 is 5.05. The largest absolute Gasteiger partial charge is 0.394 e. The SMILES string of the molecule is [N-]=[N+]=NCC(=O)NNC1O[C@H](CO)[C@@H](O)[C@H](O)[C@H]1O. The van der Waals surface area contributed by atoms with E-state index >= 15 is 0 Å². The molecule has 0 spiro atoms. The number of azide groups is 1. The van der Waals surface area contributed by atoms with Gasteiger partial charge in [0.1, 0.15) is 31.0 Å². The molecule has 0 aromatic rings. The van der Waals surface area contributed by atoms with Gasteiger partial charge in [-0.1, -0.05) is 5.11 Å². The van der Waals surface area contributed by atoms with Crippen molar-refractivity contribution in [3.63, 3.8) is 0 Å². The van der Waals surface area contributed by atoms with Crippen LogP contribution < -0.4 is 10.9 Å². The third-order valence-corrected chi connectivity index (χ3v) is 2.52. The number of hydrogen-bond acceptors (Lipinski definition) is 8. The van der Waals surface area contributed by atoms with Gasteiger partial charge in [0.05, 0.1) is 6.61 Å². The summed E-state index contributed by atoms with van der Waals surface area (Å²) in [5, 5.41) is 40.5. The van der Waals surface area contributed by atoms with Crippen LogP contribution in [-0.4, -0.2) is 70.1 Å². The number of aliphatic hydroxyl groups is 4. The molecule has 1 fully saturated rings. The molecule has 11 nitrogen and oxygen atoms in total. The average Bonchev–Trinajstić information content (AvgIpc) is 2.41. The summed E-state index contributed by atoms with van der Waals surface area (Å²) in [7, 11) is 0. The minimum atomic E-state index is -1.54. The van der Waals surface area contributed by atoms with E-state index in [2.05, 4.69) is 20.9 Å². The van der Waals surface area contributed by atoms with Crippen LogP contribution in [0.3, 0.4) is 0 Å². The Balaban J connectivity index is 2.52. The van der Waals surface area contributed by atoms with Gasteiger partial charge in [0, 0.05) is 4.91 Å². The van der Waals surface area contributed by atoms with Crippen LogP contribution in [0.4, 0.5) is 0 Å². The second-order valence-corrected chi connectivity index (χ2v) is 3.83. The number of amides is 1. The topological polar surface area (TPSA) is 180 Å². The first kappa shape index (κ1) is 15.6. The van der Waals surface area contributed by atoms with Crippen LogP contribution in [-0.2, 0) is 9.53 Å². The minimum absolute atomic E-state index is 0.457. The highest BCUT2D eigenvalue weighted by molar-refractivity contribution is 5.77. The highest BCUT2D eigenvalue weighted by atomic mass is 16.6. The predicted molar refractivity (Wildman–Crippen MR) is 59.1 cm³/mol. The summed E-state index contributed by atoms with van der Waals surface area (Å²) in [6.07, 6.45) is -6.84. The van der Waals surface area contributed by atoms with Crippen molar-refractivity contribution in [3.8, 4) is 0 Å². The molecule has 0 saturated carbocycles. The van der Waals surface area contributed by atoms with E-state index < -0.39 is 49.7 Å². The number of rotatable bonds is 5. The third kappa shape index (κ3) is 4.01. The van der Waals surface area contributed by atoms with Crippen LogP contribution in [0.5, 0.6) is 0 Å². The molecule has 108 valence electrons. The number of carbonyl (C=O) groups excluding carboxylic acids is 1. The van der Waals surface area contributed by atoms with Crippen molar-refractivity contribution >= 4 is 5.91 Å². The fourth-order valence-electron chi connectivity index (χ4n) is 1.51. The molecule has 1 unspecified atom stereocenters. The lowest BCUT2D eigenvalue weighted by Gasteiger charge is -2.40. The maximum absolute atomic E-state index is 11.1. The molecule has 1 rings (SSSR count). The van der Waals surface area contributed by atoms with Crippen molar-refractivity contribution in [2.45, 2.75) is 30.6 Å². The molecule has 19 heavy (non-hydrogen) atoms. The molecule has 6 N–H and O–H groups in total. The van der Waals surface area contributed by atoms with Gasteiger partial charge in [-0.2, -0.15) is 0 Å². The van der Waals surface area contributed by atoms with Gasteiger partial charge in [0.2, 0.25) is 5.91 Å². The Morgan fingerprint density at radius 3 is 2.58 bits per heavy atom. The summed E-state index contributed by atoms with van der Waals surface area (Å²) in [6.45, 7) is -1.03. The molecule has 11 heteroatoms. The van der Waals surface area contributed by atoms with E-state index in [-0.39, 0.29) is 0 Å². The Bertz CT molecular complexity index is 360. The number of carbonyl (C=O) groups is 1. The van der Waals surface area contributed by atoms with Gasteiger partial charge in [0.25, 0.3) is 0 Å². The number of aliphatic hydroxyl groups excluding tert-OH is 4. The number of hydrazine groups is 1. The minimum Gasteiger partial charge on any atom is -0.394 e. The van der Waals surface area contributed by atoms with Crippen LogP contribution in [0, 0.1) is 0 Å². The Hall–Kier alpha value is -1.46. The van der Waals surface area contributed by atoms with E-state index in [1.165, 1.54) is 0 Å². The molecule has 0 aliphatic carbocycles. The smallest absolute Gasteiger partial charge is 0.240 e. The first-order valence-electron chi connectivity index (χ1n) is 5.37. The molecule has 1 amide bonds. The van der Waals surface area contributed by atoms with Gasteiger partial charge >= 0.3 is 0 Å².